The van der Waals surface area contributed by atoms with Gasteiger partial charge in [0.15, 0.2) is 0 Å². The highest BCUT2D eigenvalue weighted by atomic mass is 16.3. The fourth-order valence-electron chi connectivity index (χ4n) is 2.28. The van der Waals surface area contributed by atoms with Gasteiger partial charge in [0, 0.05) is 12.0 Å². The Balaban J connectivity index is 1.79. The average Bonchev–Trinajstić information content (AvgIpc) is 2.10. The molecule has 4 nitrogen and oxygen atoms in total. The monoisotopic (exact) mass is 212 g/mol. The predicted molar refractivity (Wildman–Crippen MR) is 57.2 cm³/mol. The van der Waals surface area contributed by atoms with E-state index in [1.807, 2.05) is 6.92 Å². The van der Waals surface area contributed by atoms with E-state index in [4.69, 9.17) is 5.73 Å². The predicted octanol–water partition coefficient (Wildman–Crippen LogP) is 0.241. The number of β-amino-alcohol motifs (C(OH)–C–C–N with tert-alkyl or cyclic N) is 1. The maximum Gasteiger partial charge on any atom is 0.224 e. The van der Waals surface area contributed by atoms with Gasteiger partial charge in [0.25, 0.3) is 0 Å². The molecule has 4 heteroatoms. The number of carbonyl (C=O) groups is 1. The SMILES string of the molecule is CCC1(O)CN(C(=O)CC2(N)CCC2)C1. The summed E-state index contributed by atoms with van der Waals surface area (Å²) in [6.07, 6.45) is 4.23. The quantitative estimate of drug-likeness (QED) is 0.704. The number of hydrogen-bond acceptors (Lipinski definition) is 3. The molecule has 0 bridgehead atoms. The Morgan fingerprint density at radius 2 is 2.07 bits per heavy atom. The van der Waals surface area contributed by atoms with E-state index in [1.54, 1.807) is 4.90 Å². The normalized spacial score (nSPS) is 26.7. The highest BCUT2D eigenvalue weighted by Gasteiger charge is 2.44. The molecule has 0 atom stereocenters. The van der Waals surface area contributed by atoms with Crippen molar-refractivity contribution in [3.63, 3.8) is 0 Å². The Kier molecular flexibility index (Phi) is 2.51. The molecule has 0 aromatic rings. The second-order valence-corrected chi connectivity index (χ2v) is 5.22. The van der Waals surface area contributed by atoms with Crippen LogP contribution in [0.2, 0.25) is 0 Å². The van der Waals surface area contributed by atoms with Crippen LogP contribution in [0.4, 0.5) is 0 Å². The third-order valence-corrected chi connectivity index (χ3v) is 3.83. The minimum absolute atomic E-state index is 0.107. The second-order valence-electron chi connectivity index (χ2n) is 5.22. The standard InChI is InChI=1S/C11H20N2O2/c1-2-11(15)7-13(8-11)9(14)6-10(12)4-3-5-10/h15H,2-8,12H2,1H3. The maximum absolute atomic E-state index is 11.8. The first-order valence-corrected chi connectivity index (χ1v) is 5.75. The summed E-state index contributed by atoms with van der Waals surface area (Å²) in [6.45, 7) is 2.91. The van der Waals surface area contributed by atoms with Gasteiger partial charge in [-0.05, 0) is 25.7 Å². The lowest BCUT2D eigenvalue weighted by Gasteiger charge is -2.48. The van der Waals surface area contributed by atoms with Crippen LogP contribution in [-0.2, 0) is 4.79 Å². The molecule has 1 saturated heterocycles. The third kappa shape index (κ3) is 2.01. The van der Waals surface area contributed by atoms with Gasteiger partial charge in [0.1, 0.15) is 0 Å². The van der Waals surface area contributed by atoms with Crippen LogP contribution in [0.25, 0.3) is 0 Å². The zero-order chi connectivity index (χ0) is 11.1. The van der Waals surface area contributed by atoms with Crippen molar-refractivity contribution < 1.29 is 9.90 Å². The van der Waals surface area contributed by atoms with Gasteiger partial charge in [-0.1, -0.05) is 6.92 Å². The van der Waals surface area contributed by atoms with Gasteiger partial charge in [-0.25, -0.2) is 0 Å². The van der Waals surface area contributed by atoms with Crippen molar-refractivity contribution in [2.24, 2.45) is 5.73 Å². The third-order valence-electron chi connectivity index (χ3n) is 3.83. The Labute approximate surface area is 90.4 Å². The molecule has 0 aromatic carbocycles. The molecule has 0 spiro atoms. The van der Waals surface area contributed by atoms with E-state index in [0.717, 1.165) is 19.3 Å². The molecule has 1 aliphatic heterocycles. The summed E-state index contributed by atoms with van der Waals surface area (Å²) in [6, 6.07) is 0. The molecule has 86 valence electrons. The fourth-order valence-corrected chi connectivity index (χ4v) is 2.28. The number of hydrogen-bond donors (Lipinski definition) is 2. The van der Waals surface area contributed by atoms with E-state index in [9.17, 15) is 9.90 Å². The molecule has 2 fully saturated rings. The fraction of sp³-hybridized carbons (Fsp3) is 0.909. The summed E-state index contributed by atoms with van der Waals surface area (Å²) < 4.78 is 0. The molecule has 2 rings (SSSR count). The van der Waals surface area contributed by atoms with Crippen molar-refractivity contribution >= 4 is 5.91 Å². The minimum atomic E-state index is -0.628. The molecule has 3 N–H and O–H groups in total. The first-order valence-electron chi connectivity index (χ1n) is 5.75. The number of likely N-dealkylation sites (tertiary alicyclic amines) is 1. The smallest absolute Gasteiger partial charge is 0.224 e. The highest BCUT2D eigenvalue weighted by Crippen LogP contribution is 2.34. The van der Waals surface area contributed by atoms with Gasteiger partial charge in [-0.15, -0.1) is 0 Å². The highest BCUT2D eigenvalue weighted by molar-refractivity contribution is 5.78. The zero-order valence-corrected chi connectivity index (χ0v) is 9.33. The van der Waals surface area contributed by atoms with Gasteiger partial charge < -0.3 is 15.7 Å². The largest absolute Gasteiger partial charge is 0.386 e. The molecule has 1 amide bonds. The van der Waals surface area contributed by atoms with Crippen LogP contribution in [-0.4, -0.2) is 40.1 Å². The van der Waals surface area contributed by atoms with Gasteiger partial charge in [-0.2, -0.15) is 0 Å². The number of nitrogens with zero attached hydrogens (tertiary/aromatic N) is 1. The summed E-state index contributed by atoms with van der Waals surface area (Å²) >= 11 is 0. The van der Waals surface area contributed by atoms with E-state index in [-0.39, 0.29) is 11.4 Å². The molecular weight excluding hydrogens is 192 g/mol. The van der Waals surface area contributed by atoms with Crippen LogP contribution in [0.15, 0.2) is 0 Å². The van der Waals surface area contributed by atoms with Crippen molar-refractivity contribution in [1.82, 2.24) is 4.90 Å². The summed E-state index contributed by atoms with van der Waals surface area (Å²) in [4.78, 5) is 13.5. The summed E-state index contributed by atoms with van der Waals surface area (Å²) in [5, 5.41) is 9.78. The molecule has 0 radical (unpaired) electrons. The lowest BCUT2D eigenvalue weighted by atomic mass is 9.74. The molecule has 2 aliphatic rings. The number of rotatable bonds is 3. The first kappa shape index (κ1) is 10.9. The molecule has 0 unspecified atom stereocenters. The van der Waals surface area contributed by atoms with Crippen LogP contribution in [0.3, 0.4) is 0 Å². The van der Waals surface area contributed by atoms with E-state index in [2.05, 4.69) is 0 Å². The Morgan fingerprint density at radius 1 is 1.47 bits per heavy atom. The van der Waals surface area contributed by atoms with Crippen LogP contribution in [0.5, 0.6) is 0 Å². The van der Waals surface area contributed by atoms with Crippen molar-refractivity contribution in [2.75, 3.05) is 13.1 Å². The number of nitrogens with two attached hydrogens (primary N) is 1. The van der Waals surface area contributed by atoms with Crippen LogP contribution < -0.4 is 5.73 Å². The lowest BCUT2D eigenvalue weighted by Crippen LogP contribution is -2.64. The summed E-state index contributed by atoms with van der Waals surface area (Å²) in [5.74, 6) is 0.107. The molecule has 1 aliphatic carbocycles. The van der Waals surface area contributed by atoms with Gasteiger partial charge >= 0.3 is 0 Å². The zero-order valence-electron chi connectivity index (χ0n) is 9.33. The van der Waals surface area contributed by atoms with Crippen molar-refractivity contribution in [2.45, 2.75) is 50.2 Å². The Bertz CT molecular complexity index is 268. The number of carbonyl (C=O) groups excluding carboxylic acids is 1. The van der Waals surface area contributed by atoms with Gasteiger partial charge in [0.2, 0.25) is 5.91 Å². The summed E-state index contributed by atoms with van der Waals surface area (Å²) in [5.41, 5.74) is 5.14. The topological polar surface area (TPSA) is 66.6 Å². The summed E-state index contributed by atoms with van der Waals surface area (Å²) in [7, 11) is 0. The van der Waals surface area contributed by atoms with E-state index in [1.165, 1.54) is 0 Å². The molecular formula is C11H20N2O2. The molecule has 15 heavy (non-hydrogen) atoms. The van der Waals surface area contributed by atoms with Crippen LogP contribution >= 0.6 is 0 Å². The molecule has 1 heterocycles. The Morgan fingerprint density at radius 3 is 2.47 bits per heavy atom. The Hall–Kier alpha value is -0.610. The average molecular weight is 212 g/mol. The van der Waals surface area contributed by atoms with Crippen molar-refractivity contribution in [1.29, 1.82) is 0 Å². The van der Waals surface area contributed by atoms with E-state index < -0.39 is 5.60 Å². The number of aliphatic hydroxyl groups is 1. The van der Waals surface area contributed by atoms with Crippen molar-refractivity contribution in [3.8, 4) is 0 Å². The maximum atomic E-state index is 11.8. The van der Waals surface area contributed by atoms with Gasteiger partial charge in [0.05, 0.1) is 18.7 Å². The van der Waals surface area contributed by atoms with Crippen LogP contribution in [0, 0.1) is 0 Å². The van der Waals surface area contributed by atoms with E-state index >= 15 is 0 Å². The minimum Gasteiger partial charge on any atom is -0.386 e. The van der Waals surface area contributed by atoms with Gasteiger partial charge in [-0.3, -0.25) is 4.79 Å². The molecule has 0 aromatic heterocycles. The second kappa shape index (κ2) is 3.46. The number of amides is 1. The van der Waals surface area contributed by atoms with Crippen LogP contribution in [0.1, 0.15) is 39.0 Å². The lowest BCUT2D eigenvalue weighted by molar-refractivity contribution is -0.157. The first-order chi connectivity index (χ1) is 6.96. The van der Waals surface area contributed by atoms with E-state index in [0.29, 0.717) is 25.9 Å². The van der Waals surface area contributed by atoms with Crippen molar-refractivity contribution in [3.05, 3.63) is 0 Å². The molecule has 1 saturated carbocycles.